The largest absolute Gasteiger partial charge is 0.469 e. The van der Waals surface area contributed by atoms with E-state index in [1.165, 1.54) is 26.9 Å². The number of hydrogen-bond acceptors (Lipinski definition) is 4. The lowest BCUT2D eigenvalue weighted by Gasteiger charge is -2.60. The van der Waals surface area contributed by atoms with E-state index in [1.54, 1.807) is 0 Å². The zero-order valence-corrected chi connectivity index (χ0v) is 16.5. The standard InChI is InChI=1S/C21H34O4/c1-13-17-7-6-15-12-16(25-14(2)22)8-10-21(15,4)18(17)9-11-20(13,3)19(23)24-5/h13,15-18H,6-12H2,1-5H3/t13-,15+,16+,17-,18-,20-,21-/m0/s1. The van der Waals surface area contributed by atoms with E-state index in [-0.39, 0.29) is 23.5 Å². The number of hydrogen-bond donors (Lipinski definition) is 0. The highest BCUT2D eigenvalue weighted by molar-refractivity contribution is 5.76. The minimum Gasteiger partial charge on any atom is -0.469 e. The van der Waals surface area contributed by atoms with Crippen molar-refractivity contribution in [3.05, 3.63) is 0 Å². The normalized spacial score (nSPS) is 46.5. The van der Waals surface area contributed by atoms with E-state index in [1.807, 2.05) is 0 Å². The molecule has 0 aromatic carbocycles. The number of esters is 2. The lowest BCUT2D eigenvalue weighted by Crippen LogP contribution is -2.55. The number of ether oxygens (including phenoxy) is 2. The molecule has 3 aliphatic rings. The molecule has 0 N–H and O–H groups in total. The second-order valence-electron chi connectivity index (χ2n) is 9.29. The molecule has 3 rings (SSSR count). The maximum atomic E-state index is 12.4. The molecule has 3 aliphatic carbocycles. The topological polar surface area (TPSA) is 52.6 Å². The Labute approximate surface area is 152 Å². The maximum Gasteiger partial charge on any atom is 0.311 e. The van der Waals surface area contributed by atoms with E-state index in [0.717, 1.165) is 32.1 Å². The Bertz CT molecular complexity index is 544. The van der Waals surface area contributed by atoms with Crippen molar-refractivity contribution >= 4 is 11.9 Å². The molecule has 25 heavy (non-hydrogen) atoms. The molecule has 0 heterocycles. The summed E-state index contributed by atoms with van der Waals surface area (Å²) in [7, 11) is 1.51. The molecule has 142 valence electrons. The molecule has 0 spiro atoms. The van der Waals surface area contributed by atoms with Gasteiger partial charge in [0.15, 0.2) is 0 Å². The number of carbonyl (C=O) groups is 2. The highest BCUT2D eigenvalue weighted by atomic mass is 16.5. The number of rotatable bonds is 2. The Balaban J connectivity index is 1.77. The molecular weight excluding hydrogens is 316 g/mol. The first-order chi connectivity index (χ1) is 11.7. The van der Waals surface area contributed by atoms with Crippen LogP contribution in [0.3, 0.4) is 0 Å². The Kier molecular flexibility index (Phi) is 4.93. The zero-order valence-electron chi connectivity index (χ0n) is 16.5. The van der Waals surface area contributed by atoms with E-state index in [9.17, 15) is 9.59 Å². The van der Waals surface area contributed by atoms with Gasteiger partial charge in [-0.1, -0.05) is 13.8 Å². The summed E-state index contributed by atoms with van der Waals surface area (Å²) in [6, 6.07) is 0. The van der Waals surface area contributed by atoms with Gasteiger partial charge in [0.2, 0.25) is 0 Å². The third kappa shape index (κ3) is 3.00. The SMILES string of the molecule is COC(=O)[C@@]1(C)CC[C@H]2[C@@H](CC[C@@H]3C[C@H](OC(C)=O)CC[C@@]32C)[C@@H]1C. The Morgan fingerprint density at radius 2 is 1.76 bits per heavy atom. The lowest BCUT2D eigenvalue weighted by molar-refractivity contribution is -0.173. The molecule has 4 heteroatoms. The second kappa shape index (κ2) is 6.59. The molecule has 0 aromatic heterocycles. The fraction of sp³-hybridized carbons (Fsp3) is 0.905. The first-order valence-electron chi connectivity index (χ1n) is 9.98. The van der Waals surface area contributed by atoms with Crippen molar-refractivity contribution in [2.75, 3.05) is 7.11 Å². The summed E-state index contributed by atoms with van der Waals surface area (Å²) in [5.74, 6) is 2.09. The van der Waals surface area contributed by atoms with Gasteiger partial charge in [-0.15, -0.1) is 0 Å². The second-order valence-corrected chi connectivity index (χ2v) is 9.29. The zero-order chi connectivity index (χ0) is 18.4. The van der Waals surface area contributed by atoms with Crippen LogP contribution in [0.5, 0.6) is 0 Å². The smallest absolute Gasteiger partial charge is 0.311 e. The van der Waals surface area contributed by atoms with E-state index in [2.05, 4.69) is 20.8 Å². The number of carbonyl (C=O) groups excluding carboxylic acids is 2. The van der Waals surface area contributed by atoms with Crippen molar-refractivity contribution in [1.82, 2.24) is 0 Å². The quantitative estimate of drug-likeness (QED) is 0.694. The van der Waals surface area contributed by atoms with Gasteiger partial charge in [0.25, 0.3) is 0 Å². The average Bonchev–Trinajstić information content (AvgIpc) is 2.57. The van der Waals surface area contributed by atoms with Gasteiger partial charge >= 0.3 is 11.9 Å². The Hall–Kier alpha value is -1.06. The van der Waals surface area contributed by atoms with Crippen LogP contribution in [-0.4, -0.2) is 25.2 Å². The van der Waals surface area contributed by atoms with Gasteiger partial charge < -0.3 is 9.47 Å². The van der Waals surface area contributed by atoms with E-state index in [4.69, 9.17) is 9.47 Å². The van der Waals surface area contributed by atoms with Crippen molar-refractivity contribution in [3.63, 3.8) is 0 Å². The summed E-state index contributed by atoms with van der Waals surface area (Å²) >= 11 is 0. The molecule has 4 nitrogen and oxygen atoms in total. The molecule has 0 unspecified atom stereocenters. The predicted molar refractivity (Wildman–Crippen MR) is 95.7 cm³/mol. The third-order valence-corrected chi connectivity index (χ3v) is 8.30. The van der Waals surface area contributed by atoms with Gasteiger partial charge in [-0.3, -0.25) is 9.59 Å². The number of fused-ring (bicyclic) bond motifs is 3. The van der Waals surface area contributed by atoms with E-state index < -0.39 is 0 Å². The van der Waals surface area contributed by atoms with Crippen LogP contribution in [0.25, 0.3) is 0 Å². The summed E-state index contributed by atoms with van der Waals surface area (Å²) < 4.78 is 10.7. The van der Waals surface area contributed by atoms with Crippen molar-refractivity contribution < 1.29 is 19.1 Å². The number of methoxy groups -OCH3 is 1. The van der Waals surface area contributed by atoms with Crippen molar-refractivity contribution in [2.45, 2.75) is 78.7 Å². The molecule has 0 aromatic rings. The fourth-order valence-electron chi connectivity index (χ4n) is 6.56. The lowest BCUT2D eigenvalue weighted by atomic mass is 9.45. The molecule has 0 aliphatic heterocycles. The van der Waals surface area contributed by atoms with Gasteiger partial charge in [-0.05, 0) is 81.0 Å². The first kappa shape index (κ1) is 18.7. The highest BCUT2D eigenvalue weighted by Gasteiger charge is 2.58. The Morgan fingerprint density at radius 3 is 2.40 bits per heavy atom. The third-order valence-electron chi connectivity index (χ3n) is 8.30. The minimum absolute atomic E-state index is 0.0377. The van der Waals surface area contributed by atoms with Gasteiger partial charge in [-0.2, -0.15) is 0 Å². The molecule has 0 saturated heterocycles. The van der Waals surface area contributed by atoms with Crippen LogP contribution in [0.2, 0.25) is 0 Å². The molecule has 0 bridgehead atoms. The predicted octanol–water partition coefficient (Wildman–Crippen LogP) is 4.36. The van der Waals surface area contributed by atoms with Crippen molar-refractivity contribution in [2.24, 2.45) is 34.5 Å². The van der Waals surface area contributed by atoms with E-state index >= 15 is 0 Å². The average molecular weight is 350 g/mol. The molecule has 3 fully saturated rings. The summed E-state index contributed by atoms with van der Waals surface area (Å²) in [4.78, 5) is 23.7. The van der Waals surface area contributed by atoms with Gasteiger partial charge in [0.1, 0.15) is 6.10 Å². The van der Waals surface area contributed by atoms with Gasteiger partial charge in [0, 0.05) is 6.92 Å². The molecule has 0 radical (unpaired) electrons. The van der Waals surface area contributed by atoms with Crippen LogP contribution >= 0.6 is 0 Å². The fourth-order valence-corrected chi connectivity index (χ4v) is 6.56. The summed E-state index contributed by atoms with van der Waals surface area (Å²) in [6.45, 7) is 8.35. The first-order valence-corrected chi connectivity index (χ1v) is 9.98. The summed E-state index contributed by atoms with van der Waals surface area (Å²) in [5, 5.41) is 0. The van der Waals surface area contributed by atoms with Crippen LogP contribution in [0.15, 0.2) is 0 Å². The van der Waals surface area contributed by atoms with Crippen LogP contribution in [0.4, 0.5) is 0 Å². The van der Waals surface area contributed by atoms with Gasteiger partial charge in [0.05, 0.1) is 12.5 Å². The Morgan fingerprint density at radius 1 is 1.04 bits per heavy atom. The van der Waals surface area contributed by atoms with Gasteiger partial charge in [-0.25, -0.2) is 0 Å². The highest BCUT2D eigenvalue weighted by Crippen LogP contribution is 2.63. The molecule has 7 atom stereocenters. The summed E-state index contributed by atoms with van der Waals surface area (Å²) in [5.41, 5.74) is -0.0146. The van der Waals surface area contributed by atoms with E-state index in [0.29, 0.717) is 29.1 Å². The van der Waals surface area contributed by atoms with Crippen LogP contribution in [0.1, 0.15) is 72.6 Å². The maximum absolute atomic E-state index is 12.4. The molecular formula is C21H34O4. The molecule has 0 amide bonds. The monoisotopic (exact) mass is 350 g/mol. The molecule has 3 saturated carbocycles. The van der Waals surface area contributed by atoms with Crippen molar-refractivity contribution in [1.29, 1.82) is 0 Å². The van der Waals surface area contributed by atoms with Crippen molar-refractivity contribution in [3.8, 4) is 0 Å². The van der Waals surface area contributed by atoms with Crippen LogP contribution < -0.4 is 0 Å². The van der Waals surface area contributed by atoms with Crippen LogP contribution in [-0.2, 0) is 19.1 Å². The minimum atomic E-state index is -0.339. The summed E-state index contributed by atoms with van der Waals surface area (Å²) in [6.07, 6.45) is 7.67. The van der Waals surface area contributed by atoms with Crippen LogP contribution in [0, 0.1) is 34.5 Å².